The zero-order valence-corrected chi connectivity index (χ0v) is 21.8. The first-order chi connectivity index (χ1) is 18.6. The van der Waals surface area contributed by atoms with E-state index >= 15 is 0 Å². The number of ether oxygens (including phenoxy) is 2. The van der Waals surface area contributed by atoms with Crippen LogP contribution in [0.5, 0.6) is 6.01 Å². The van der Waals surface area contributed by atoms with Crippen LogP contribution in [0.4, 0.5) is 0 Å². The Morgan fingerprint density at radius 1 is 1.16 bits per heavy atom. The van der Waals surface area contributed by atoms with Gasteiger partial charge in [-0.25, -0.2) is 15.0 Å². The highest BCUT2D eigenvalue weighted by Gasteiger charge is 2.42. The largest absolute Gasteiger partial charge is 0.463 e. The first-order valence-corrected chi connectivity index (χ1v) is 13.4. The summed E-state index contributed by atoms with van der Waals surface area (Å²) in [6.45, 7) is 2.58. The van der Waals surface area contributed by atoms with Crippen LogP contribution in [0.15, 0.2) is 55.1 Å². The van der Waals surface area contributed by atoms with Crippen molar-refractivity contribution in [3.63, 3.8) is 0 Å². The Balaban J connectivity index is 1.43. The minimum atomic E-state index is -1.02. The molecule has 2 aromatic heterocycles. The van der Waals surface area contributed by atoms with E-state index in [0.29, 0.717) is 50.8 Å². The van der Waals surface area contributed by atoms with Crippen molar-refractivity contribution < 1.29 is 19.4 Å². The fourth-order valence-corrected chi connectivity index (χ4v) is 5.72. The minimum absolute atomic E-state index is 0.0613. The first-order valence-electron chi connectivity index (χ1n) is 13.4. The van der Waals surface area contributed by atoms with Crippen LogP contribution in [-0.2, 0) is 4.74 Å². The summed E-state index contributed by atoms with van der Waals surface area (Å²) in [6, 6.07) is 11.6. The summed E-state index contributed by atoms with van der Waals surface area (Å²) < 4.78 is 13.2. The number of nitrogens with one attached hydrogen (secondary N) is 1. The van der Waals surface area contributed by atoms with Gasteiger partial charge in [-0.05, 0) is 18.9 Å². The van der Waals surface area contributed by atoms with Gasteiger partial charge in [-0.15, -0.1) is 0 Å². The summed E-state index contributed by atoms with van der Waals surface area (Å²) in [6.07, 6.45) is 9.01. The maximum Gasteiger partial charge on any atom is 0.316 e. The number of amides is 1. The van der Waals surface area contributed by atoms with E-state index in [9.17, 15) is 9.90 Å². The van der Waals surface area contributed by atoms with E-state index in [1.807, 2.05) is 39.8 Å². The molecule has 0 bridgehead atoms. The molecule has 1 aliphatic heterocycles. The zero-order valence-electron chi connectivity index (χ0n) is 21.8. The van der Waals surface area contributed by atoms with Crippen molar-refractivity contribution in [1.29, 1.82) is 0 Å². The molecule has 3 aromatic rings. The summed E-state index contributed by atoms with van der Waals surface area (Å²) >= 11 is 0. The molecule has 38 heavy (non-hydrogen) atoms. The maximum atomic E-state index is 14.1. The van der Waals surface area contributed by atoms with Gasteiger partial charge >= 0.3 is 6.01 Å². The predicted octanol–water partition coefficient (Wildman–Crippen LogP) is 2.72. The number of benzene rings is 1. The smallest absolute Gasteiger partial charge is 0.316 e. The van der Waals surface area contributed by atoms with Gasteiger partial charge in [-0.3, -0.25) is 4.79 Å². The van der Waals surface area contributed by atoms with Gasteiger partial charge in [0.1, 0.15) is 5.60 Å². The number of aliphatic hydroxyl groups is 1. The van der Waals surface area contributed by atoms with E-state index in [4.69, 9.17) is 9.47 Å². The van der Waals surface area contributed by atoms with Gasteiger partial charge in [-0.2, -0.15) is 0 Å². The molecule has 3 heterocycles. The summed E-state index contributed by atoms with van der Waals surface area (Å²) in [7, 11) is 1.61. The number of aromatic nitrogens is 4. The molecule has 10 heteroatoms. The van der Waals surface area contributed by atoms with Crippen molar-refractivity contribution in [2.75, 3.05) is 40.0 Å². The number of imidazole rings is 1. The second kappa shape index (κ2) is 12.0. The van der Waals surface area contributed by atoms with Crippen LogP contribution in [0.25, 0.3) is 11.3 Å². The summed E-state index contributed by atoms with van der Waals surface area (Å²) in [5.41, 5.74) is 1.02. The summed E-state index contributed by atoms with van der Waals surface area (Å²) in [4.78, 5) is 28.9. The lowest BCUT2D eigenvalue weighted by molar-refractivity contribution is -0.0893. The second-order valence-corrected chi connectivity index (χ2v) is 10.0. The molecule has 0 unspecified atom stereocenters. The number of rotatable bonds is 9. The Morgan fingerprint density at radius 2 is 1.97 bits per heavy atom. The Labute approximate surface area is 223 Å². The molecule has 1 aromatic carbocycles. The topological polar surface area (TPSA) is 115 Å². The standard InChI is InChI=1S/C28H36N6O4/c1-37-19-28(36)12-6-5-10-23(28)34-20-32-24(25(34)21-8-3-2-4-9-21)26(35)33-16-15-29-18-22(33)11-17-38-27-30-13-7-14-31-27/h2-4,7-9,13-14,20,22-23,29,36H,5-6,10-12,15-19H2,1H3/t22-,23-,28-/m1/s1. The number of piperazine rings is 1. The lowest BCUT2D eigenvalue weighted by Crippen LogP contribution is -2.54. The fourth-order valence-electron chi connectivity index (χ4n) is 5.72. The molecule has 2 N–H and O–H groups in total. The van der Waals surface area contributed by atoms with E-state index in [2.05, 4.69) is 20.3 Å². The van der Waals surface area contributed by atoms with Crippen LogP contribution in [0, 0.1) is 0 Å². The lowest BCUT2D eigenvalue weighted by atomic mass is 9.80. The highest BCUT2D eigenvalue weighted by molar-refractivity contribution is 5.98. The molecule has 1 aliphatic carbocycles. The lowest BCUT2D eigenvalue weighted by Gasteiger charge is -2.41. The van der Waals surface area contributed by atoms with Crippen molar-refractivity contribution in [2.45, 2.75) is 49.8 Å². The quantitative estimate of drug-likeness (QED) is 0.443. The number of nitrogens with zero attached hydrogens (tertiary/aromatic N) is 5. The van der Waals surface area contributed by atoms with Crippen molar-refractivity contribution >= 4 is 5.91 Å². The molecule has 1 amide bonds. The van der Waals surface area contributed by atoms with Gasteiger partial charge in [0.2, 0.25) is 0 Å². The third kappa shape index (κ3) is 5.57. The highest BCUT2D eigenvalue weighted by Crippen LogP contribution is 2.41. The molecule has 2 fully saturated rings. The van der Waals surface area contributed by atoms with Gasteiger partial charge in [0.05, 0.1) is 31.3 Å². The Hall–Kier alpha value is -3.34. The number of hydrogen-bond donors (Lipinski definition) is 2. The third-order valence-electron chi connectivity index (χ3n) is 7.57. The van der Waals surface area contributed by atoms with Gasteiger partial charge in [0, 0.05) is 57.2 Å². The molecule has 1 saturated heterocycles. The Bertz CT molecular complexity index is 1190. The molecule has 5 rings (SSSR count). The van der Waals surface area contributed by atoms with Crippen LogP contribution < -0.4 is 10.1 Å². The Kier molecular flexibility index (Phi) is 8.31. The molecular formula is C28H36N6O4. The predicted molar refractivity (Wildman–Crippen MR) is 142 cm³/mol. The van der Waals surface area contributed by atoms with Crippen LogP contribution >= 0.6 is 0 Å². The number of carbonyl (C=O) groups excluding carboxylic acids is 1. The average molecular weight is 521 g/mol. The van der Waals surface area contributed by atoms with E-state index < -0.39 is 5.60 Å². The normalized spacial score (nSPS) is 23.8. The molecule has 3 atom stereocenters. The molecule has 1 saturated carbocycles. The van der Waals surface area contributed by atoms with Crippen molar-refractivity contribution in [3.05, 3.63) is 60.8 Å². The summed E-state index contributed by atoms with van der Waals surface area (Å²) in [5, 5.41) is 15.0. The van der Waals surface area contributed by atoms with Gasteiger partial charge < -0.3 is 29.4 Å². The molecule has 0 radical (unpaired) electrons. The molecule has 0 spiro atoms. The number of hydrogen-bond acceptors (Lipinski definition) is 8. The zero-order chi connectivity index (χ0) is 26.4. The second-order valence-electron chi connectivity index (χ2n) is 10.0. The number of methoxy groups -OCH3 is 1. The first kappa shape index (κ1) is 26.3. The average Bonchev–Trinajstić information content (AvgIpc) is 3.39. The molecular weight excluding hydrogens is 484 g/mol. The van der Waals surface area contributed by atoms with E-state index in [1.54, 1.807) is 31.9 Å². The molecule has 202 valence electrons. The van der Waals surface area contributed by atoms with Gasteiger partial charge in [0.25, 0.3) is 5.91 Å². The maximum absolute atomic E-state index is 14.1. The highest BCUT2D eigenvalue weighted by atomic mass is 16.5. The van der Waals surface area contributed by atoms with Crippen LogP contribution in [0.1, 0.15) is 48.6 Å². The SMILES string of the molecule is COC[C@]1(O)CCCC[C@H]1n1cnc(C(=O)N2CCNC[C@H]2CCOc2ncccn2)c1-c1ccccc1. The monoisotopic (exact) mass is 520 g/mol. The van der Waals surface area contributed by atoms with Gasteiger partial charge in [0.15, 0.2) is 5.69 Å². The van der Waals surface area contributed by atoms with Crippen molar-refractivity contribution in [2.24, 2.45) is 0 Å². The Morgan fingerprint density at radius 3 is 2.76 bits per heavy atom. The molecule has 10 nitrogen and oxygen atoms in total. The van der Waals surface area contributed by atoms with E-state index in [1.165, 1.54) is 0 Å². The molecule has 2 aliphatic rings. The van der Waals surface area contributed by atoms with Crippen molar-refractivity contribution in [3.8, 4) is 17.3 Å². The fraction of sp³-hybridized carbons (Fsp3) is 0.500. The van der Waals surface area contributed by atoms with E-state index in [-0.39, 0.29) is 24.6 Å². The summed E-state index contributed by atoms with van der Waals surface area (Å²) in [5.74, 6) is -0.115. The van der Waals surface area contributed by atoms with E-state index in [0.717, 1.165) is 30.5 Å². The van der Waals surface area contributed by atoms with Crippen LogP contribution in [-0.4, -0.2) is 87.0 Å². The van der Waals surface area contributed by atoms with Gasteiger partial charge in [-0.1, -0.05) is 43.2 Å². The van der Waals surface area contributed by atoms with Crippen LogP contribution in [0.3, 0.4) is 0 Å². The third-order valence-corrected chi connectivity index (χ3v) is 7.57. The minimum Gasteiger partial charge on any atom is -0.463 e. The van der Waals surface area contributed by atoms with Crippen molar-refractivity contribution in [1.82, 2.24) is 29.7 Å². The van der Waals surface area contributed by atoms with Crippen LogP contribution in [0.2, 0.25) is 0 Å². The number of carbonyl (C=O) groups is 1.